The van der Waals surface area contributed by atoms with Gasteiger partial charge in [-0.3, -0.25) is 0 Å². The summed E-state index contributed by atoms with van der Waals surface area (Å²) in [5.74, 6) is 0. The predicted molar refractivity (Wildman–Crippen MR) is 70.4 cm³/mol. The smallest absolute Gasteiger partial charge is 0.339 e. The van der Waals surface area contributed by atoms with Crippen LogP contribution < -0.4 is 11.4 Å². The Bertz CT molecular complexity index is 626. The number of aryl methyl sites for hydroxylation is 2. The first-order chi connectivity index (χ1) is 8.08. The topological polar surface area (TPSA) is 56.2 Å². The van der Waals surface area contributed by atoms with Crippen LogP contribution in [-0.2, 0) is 12.8 Å². The first kappa shape index (κ1) is 11.7. The van der Waals surface area contributed by atoms with E-state index in [0.29, 0.717) is 17.7 Å². The number of nitrogens with two attached hydrogens (primary N) is 1. The fourth-order valence-corrected chi connectivity index (χ4v) is 2.36. The Morgan fingerprint density at radius 1 is 1.24 bits per heavy atom. The Morgan fingerprint density at radius 2 is 1.94 bits per heavy atom. The van der Waals surface area contributed by atoms with E-state index in [9.17, 15) is 4.79 Å². The van der Waals surface area contributed by atoms with Gasteiger partial charge in [-0.25, -0.2) is 4.79 Å². The molecule has 17 heavy (non-hydrogen) atoms. The van der Waals surface area contributed by atoms with Gasteiger partial charge in [-0.05, 0) is 37.0 Å². The van der Waals surface area contributed by atoms with E-state index in [1.165, 1.54) is 0 Å². The van der Waals surface area contributed by atoms with Crippen molar-refractivity contribution in [3.8, 4) is 0 Å². The van der Waals surface area contributed by atoms with Gasteiger partial charge in [-0.2, -0.15) is 0 Å². The molecule has 0 bridgehead atoms. The molecule has 0 saturated heterocycles. The minimum Gasteiger partial charge on any atom is -0.422 e. The third kappa shape index (κ3) is 1.82. The second-order valence-corrected chi connectivity index (χ2v) is 4.25. The van der Waals surface area contributed by atoms with Crippen LogP contribution in [0.15, 0.2) is 21.3 Å². The molecular formula is C14H17NO2. The van der Waals surface area contributed by atoms with Crippen LogP contribution in [0.4, 0.5) is 5.69 Å². The van der Waals surface area contributed by atoms with Crippen molar-refractivity contribution in [3.63, 3.8) is 0 Å². The lowest BCUT2D eigenvalue weighted by atomic mass is 9.98. The lowest BCUT2D eigenvalue weighted by Gasteiger charge is -2.10. The van der Waals surface area contributed by atoms with Crippen molar-refractivity contribution in [2.24, 2.45) is 0 Å². The third-order valence-electron chi connectivity index (χ3n) is 3.22. The molecule has 2 aromatic rings. The van der Waals surface area contributed by atoms with E-state index in [1.807, 2.05) is 19.9 Å². The van der Waals surface area contributed by atoms with Crippen LogP contribution in [0.1, 0.15) is 30.5 Å². The summed E-state index contributed by atoms with van der Waals surface area (Å²) in [6.45, 7) is 6.02. The highest BCUT2D eigenvalue weighted by molar-refractivity contribution is 5.87. The maximum atomic E-state index is 11.8. The van der Waals surface area contributed by atoms with Gasteiger partial charge in [0.25, 0.3) is 0 Å². The number of benzene rings is 1. The maximum absolute atomic E-state index is 11.8. The molecule has 0 aliphatic heterocycles. The highest BCUT2D eigenvalue weighted by Gasteiger charge is 2.12. The first-order valence-electron chi connectivity index (χ1n) is 5.93. The summed E-state index contributed by atoms with van der Waals surface area (Å²) in [6.07, 6.45) is 1.57. The van der Waals surface area contributed by atoms with Crippen LogP contribution in [0.25, 0.3) is 11.0 Å². The zero-order valence-electron chi connectivity index (χ0n) is 10.5. The minimum absolute atomic E-state index is 0.245. The molecule has 0 amide bonds. The predicted octanol–water partition coefficient (Wildman–Crippen LogP) is 2.81. The Balaban J connectivity index is 2.97. The molecule has 2 N–H and O–H groups in total. The molecule has 3 nitrogen and oxygen atoms in total. The Kier molecular flexibility index (Phi) is 2.92. The molecule has 0 aliphatic rings. The third-order valence-corrected chi connectivity index (χ3v) is 3.22. The normalized spacial score (nSPS) is 11.0. The summed E-state index contributed by atoms with van der Waals surface area (Å²) >= 11 is 0. The van der Waals surface area contributed by atoms with Crippen LogP contribution in [-0.4, -0.2) is 0 Å². The Morgan fingerprint density at radius 3 is 2.53 bits per heavy atom. The molecule has 1 aromatic heterocycles. The summed E-state index contributed by atoms with van der Waals surface area (Å²) in [7, 11) is 0. The molecule has 0 saturated carbocycles. The zero-order chi connectivity index (χ0) is 12.6. The lowest BCUT2D eigenvalue weighted by molar-refractivity contribution is 0.549. The van der Waals surface area contributed by atoms with Crippen molar-refractivity contribution in [2.75, 3.05) is 5.73 Å². The summed E-state index contributed by atoms with van der Waals surface area (Å²) in [5.41, 5.74) is 9.72. The van der Waals surface area contributed by atoms with Gasteiger partial charge in [0, 0.05) is 22.7 Å². The van der Waals surface area contributed by atoms with Gasteiger partial charge in [-0.15, -0.1) is 0 Å². The van der Waals surface area contributed by atoms with E-state index in [4.69, 9.17) is 10.2 Å². The molecular weight excluding hydrogens is 214 g/mol. The van der Waals surface area contributed by atoms with Crippen molar-refractivity contribution in [1.82, 2.24) is 0 Å². The van der Waals surface area contributed by atoms with Gasteiger partial charge in [-0.1, -0.05) is 13.8 Å². The van der Waals surface area contributed by atoms with Crippen LogP contribution in [0.5, 0.6) is 0 Å². The van der Waals surface area contributed by atoms with E-state index in [0.717, 1.165) is 28.5 Å². The molecule has 2 rings (SSSR count). The quantitative estimate of drug-likeness (QED) is 0.638. The second kappa shape index (κ2) is 4.24. The summed E-state index contributed by atoms with van der Waals surface area (Å²) in [6, 6.07) is 3.68. The van der Waals surface area contributed by atoms with E-state index in [1.54, 1.807) is 6.07 Å². The van der Waals surface area contributed by atoms with Gasteiger partial charge in [0.1, 0.15) is 5.58 Å². The molecule has 0 atom stereocenters. The van der Waals surface area contributed by atoms with Crippen molar-refractivity contribution in [2.45, 2.75) is 33.6 Å². The maximum Gasteiger partial charge on any atom is 0.339 e. The van der Waals surface area contributed by atoms with Gasteiger partial charge in [0.2, 0.25) is 0 Å². The standard InChI is InChI=1S/C14H17NO2/c1-4-9-6-10(15)7-12-13(9)8(3)11(5-2)14(16)17-12/h6-7H,4-5,15H2,1-3H3. The van der Waals surface area contributed by atoms with E-state index in [-0.39, 0.29) is 5.63 Å². The molecule has 0 spiro atoms. The SMILES string of the molecule is CCc1c(C)c2c(CC)cc(N)cc2oc1=O. The highest BCUT2D eigenvalue weighted by Crippen LogP contribution is 2.26. The number of anilines is 1. The average molecular weight is 231 g/mol. The number of hydrogen-bond donors (Lipinski definition) is 1. The van der Waals surface area contributed by atoms with Gasteiger partial charge >= 0.3 is 5.63 Å². The number of hydrogen-bond acceptors (Lipinski definition) is 3. The monoisotopic (exact) mass is 231 g/mol. The number of fused-ring (bicyclic) bond motifs is 1. The van der Waals surface area contributed by atoms with E-state index >= 15 is 0 Å². The van der Waals surface area contributed by atoms with Crippen molar-refractivity contribution in [3.05, 3.63) is 39.2 Å². The first-order valence-corrected chi connectivity index (χ1v) is 5.93. The number of rotatable bonds is 2. The van der Waals surface area contributed by atoms with Gasteiger partial charge in [0.05, 0.1) is 0 Å². The minimum atomic E-state index is -0.245. The Hall–Kier alpha value is -1.77. The van der Waals surface area contributed by atoms with Gasteiger partial charge < -0.3 is 10.2 Å². The average Bonchev–Trinajstić information content (AvgIpc) is 2.27. The van der Waals surface area contributed by atoms with E-state index < -0.39 is 0 Å². The summed E-state index contributed by atoms with van der Waals surface area (Å²) in [4.78, 5) is 11.8. The van der Waals surface area contributed by atoms with E-state index in [2.05, 4.69) is 6.92 Å². The highest BCUT2D eigenvalue weighted by atomic mass is 16.4. The van der Waals surface area contributed by atoms with Crippen LogP contribution in [0.2, 0.25) is 0 Å². The van der Waals surface area contributed by atoms with Gasteiger partial charge in [0.15, 0.2) is 0 Å². The summed E-state index contributed by atoms with van der Waals surface area (Å²) < 4.78 is 5.35. The molecule has 0 unspecified atom stereocenters. The Labute approximate surface area is 100 Å². The van der Waals surface area contributed by atoms with Crippen molar-refractivity contribution in [1.29, 1.82) is 0 Å². The molecule has 0 fully saturated rings. The fourth-order valence-electron chi connectivity index (χ4n) is 2.36. The van der Waals surface area contributed by atoms with Crippen LogP contribution in [0, 0.1) is 6.92 Å². The molecule has 1 heterocycles. The molecule has 1 aromatic carbocycles. The largest absolute Gasteiger partial charge is 0.422 e. The fraction of sp³-hybridized carbons (Fsp3) is 0.357. The second-order valence-electron chi connectivity index (χ2n) is 4.25. The number of nitrogen functional groups attached to an aromatic ring is 1. The zero-order valence-corrected chi connectivity index (χ0v) is 10.5. The molecule has 90 valence electrons. The van der Waals surface area contributed by atoms with Crippen LogP contribution in [0.3, 0.4) is 0 Å². The molecule has 0 aliphatic carbocycles. The summed E-state index contributed by atoms with van der Waals surface area (Å²) in [5, 5.41) is 1.04. The lowest BCUT2D eigenvalue weighted by Crippen LogP contribution is -2.10. The van der Waals surface area contributed by atoms with Crippen molar-refractivity contribution >= 4 is 16.7 Å². The molecule has 3 heteroatoms. The van der Waals surface area contributed by atoms with Crippen molar-refractivity contribution < 1.29 is 4.42 Å². The molecule has 0 radical (unpaired) electrons. The van der Waals surface area contributed by atoms with Crippen LogP contribution >= 0.6 is 0 Å².